The first kappa shape index (κ1) is 15.1. The van der Waals surface area contributed by atoms with E-state index in [2.05, 4.69) is 11.8 Å². The minimum Gasteiger partial charge on any atom is -0.320 e. The van der Waals surface area contributed by atoms with Gasteiger partial charge >= 0.3 is 5.69 Å². The zero-order chi connectivity index (χ0) is 15.2. The van der Waals surface area contributed by atoms with Gasteiger partial charge < -0.3 is 5.73 Å². The molecule has 110 valence electrons. The van der Waals surface area contributed by atoms with Crippen molar-refractivity contribution < 1.29 is 4.39 Å². The third-order valence-electron chi connectivity index (χ3n) is 3.11. The average molecular weight is 287 g/mol. The predicted molar refractivity (Wildman–Crippen MR) is 80.4 cm³/mol. The third kappa shape index (κ3) is 3.61. The van der Waals surface area contributed by atoms with E-state index < -0.39 is 0 Å². The van der Waals surface area contributed by atoms with Crippen LogP contribution in [-0.2, 0) is 13.1 Å². The summed E-state index contributed by atoms with van der Waals surface area (Å²) in [5.74, 6) is 5.09. The van der Waals surface area contributed by atoms with Gasteiger partial charge in [0.1, 0.15) is 5.82 Å². The van der Waals surface area contributed by atoms with Crippen molar-refractivity contribution in [3.8, 4) is 11.8 Å². The molecule has 0 radical (unpaired) electrons. The van der Waals surface area contributed by atoms with E-state index in [0.717, 1.165) is 6.42 Å². The molecular formula is C16H18FN3O. The lowest BCUT2D eigenvalue weighted by Crippen LogP contribution is -2.24. The maximum absolute atomic E-state index is 14.0. The largest absolute Gasteiger partial charge is 0.328 e. The number of nitrogens with two attached hydrogens (primary N) is 1. The van der Waals surface area contributed by atoms with Crippen LogP contribution in [0.25, 0.3) is 0 Å². The Morgan fingerprint density at radius 1 is 1.29 bits per heavy atom. The number of nitrogens with zero attached hydrogens (tertiary/aromatic N) is 2. The van der Waals surface area contributed by atoms with E-state index in [1.807, 2.05) is 6.92 Å². The highest BCUT2D eigenvalue weighted by Gasteiger charge is 2.07. The van der Waals surface area contributed by atoms with Crippen LogP contribution in [-0.4, -0.2) is 15.7 Å². The van der Waals surface area contributed by atoms with Crippen molar-refractivity contribution >= 4 is 0 Å². The molecule has 21 heavy (non-hydrogen) atoms. The molecule has 0 atom stereocenters. The second-order valence-corrected chi connectivity index (χ2v) is 4.71. The molecule has 4 nitrogen and oxygen atoms in total. The number of benzene rings is 1. The summed E-state index contributed by atoms with van der Waals surface area (Å²) < 4.78 is 17.2. The van der Waals surface area contributed by atoms with Gasteiger partial charge in [-0.25, -0.2) is 9.18 Å². The lowest BCUT2D eigenvalue weighted by Gasteiger charge is -2.04. The first-order chi connectivity index (χ1) is 10.2. The van der Waals surface area contributed by atoms with Gasteiger partial charge in [0, 0.05) is 30.1 Å². The number of hydrogen-bond donors (Lipinski definition) is 1. The number of rotatable bonds is 4. The minimum absolute atomic E-state index is 0.122. The van der Waals surface area contributed by atoms with Gasteiger partial charge in [-0.05, 0) is 18.6 Å². The van der Waals surface area contributed by atoms with Gasteiger partial charge in [0.25, 0.3) is 0 Å². The highest BCUT2D eigenvalue weighted by molar-refractivity contribution is 5.37. The van der Waals surface area contributed by atoms with Crippen LogP contribution >= 0.6 is 0 Å². The van der Waals surface area contributed by atoms with Gasteiger partial charge in [0.05, 0.1) is 13.1 Å². The Morgan fingerprint density at radius 3 is 2.71 bits per heavy atom. The zero-order valence-corrected chi connectivity index (χ0v) is 12.0. The van der Waals surface area contributed by atoms with Crippen molar-refractivity contribution in [1.29, 1.82) is 0 Å². The molecule has 0 saturated heterocycles. The molecule has 0 aliphatic carbocycles. The monoisotopic (exact) mass is 287 g/mol. The van der Waals surface area contributed by atoms with E-state index >= 15 is 0 Å². The van der Waals surface area contributed by atoms with Crippen LogP contribution in [0, 0.1) is 17.7 Å². The van der Waals surface area contributed by atoms with E-state index in [-0.39, 0.29) is 24.6 Å². The second-order valence-electron chi connectivity index (χ2n) is 4.71. The first-order valence-corrected chi connectivity index (χ1v) is 6.88. The molecule has 2 aromatic rings. The fourth-order valence-electron chi connectivity index (χ4n) is 2.07. The van der Waals surface area contributed by atoms with Crippen molar-refractivity contribution in [3.63, 3.8) is 0 Å². The van der Waals surface area contributed by atoms with Crippen molar-refractivity contribution in [1.82, 2.24) is 9.13 Å². The summed E-state index contributed by atoms with van der Waals surface area (Å²) in [6.45, 7) is 3.13. The molecule has 0 aliphatic heterocycles. The third-order valence-corrected chi connectivity index (χ3v) is 3.11. The van der Waals surface area contributed by atoms with Crippen LogP contribution in [0.1, 0.15) is 24.5 Å². The average Bonchev–Trinajstić information content (AvgIpc) is 2.81. The van der Waals surface area contributed by atoms with Gasteiger partial charge in [-0.15, -0.1) is 0 Å². The molecule has 0 bridgehead atoms. The first-order valence-electron chi connectivity index (χ1n) is 6.88. The quantitative estimate of drug-likeness (QED) is 0.868. The summed E-state index contributed by atoms with van der Waals surface area (Å²) in [6.07, 6.45) is 4.29. The minimum atomic E-state index is -0.367. The Morgan fingerprint density at radius 2 is 2.05 bits per heavy atom. The van der Waals surface area contributed by atoms with Crippen molar-refractivity contribution in [2.45, 2.75) is 26.4 Å². The smallest absolute Gasteiger partial charge is 0.320 e. The van der Waals surface area contributed by atoms with Crippen molar-refractivity contribution in [2.24, 2.45) is 5.73 Å². The van der Waals surface area contributed by atoms with Crippen LogP contribution in [0.15, 0.2) is 35.4 Å². The van der Waals surface area contributed by atoms with E-state index in [9.17, 15) is 9.18 Å². The SMILES string of the molecule is CCCn1ccn(Cc2ccc(C#CCN)cc2F)c1=O. The fraction of sp³-hybridized carbons (Fsp3) is 0.312. The van der Waals surface area contributed by atoms with Gasteiger partial charge in [-0.3, -0.25) is 9.13 Å². The Labute approximate surface area is 123 Å². The molecule has 1 aromatic carbocycles. The van der Waals surface area contributed by atoms with Crippen LogP contribution in [0.5, 0.6) is 0 Å². The molecule has 0 saturated carbocycles. The highest BCUT2D eigenvalue weighted by atomic mass is 19.1. The lowest BCUT2D eigenvalue weighted by molar-refractivity contribution is 0.585. The van der Waals surface area contributed by atoms with E-state index in [4.69, 9.17) is 5.73 Å². The summed E-state index contributed by atoms with van der Waals surface area (Å²) >= 11 is 0. The summed E-state index contributed by atoms with van der Waals surface area (Å²) in [6, 6.07) is 4.75. The summed E-state index contributed by atoms with van der Waals surface area (Å²) in [4.78, 5) is 12.1. The van der Waals surface area contributed by atoms with Crippen LogP contribution < -0.4 is 11.4 Å². The molecule has 0 amide bonds. The van der Waals surface area contributed by atoms with E-state index in [1.54, 1.807) is 29.1 Å². The normalized spacial score (nSPS) is 10.2. The molecule has 1 aromatic heterocycles. The molecular weight excluding hydrogens is 269 g/mol. The molecule has 0 spiro atoms. The van der Waals surface area contributed by atoms with Crippen molar-refractivity contribution in [2.75, 3.05) is 6.54 Å². The molecule has 0 aliphatic rings. The Hall–Kier alpha value is -2.32. The maximum Gasteiger partial charge on any atom is 0.328 e. The van der Waals surface area contributed by atoms with E-state index in [1.165, 1.54) is 10.6 Å². The molecule has 5 heteroatoms. The summed E-state index contributed by atoms with van der Waals surface area (Å²) in [5, 5.41) is 0. The maximum atomic E-state index is 14.0. The zero-order valence-electron chi connectivity index (χ0n) is 12.0. The van der Waals surface area contributed by atoms with Crippen LogP contribution in [0.4, 0.5) is 4.39 Å². The fourth-order valence-corrected chi connectivity index (χ4v) is 2.07. The van der Waals surface area contributed by atoms with Crippen LogP contribution in [0.2, 0.25) is 0 Å². The lowest BCUT2D eigenvalue weighted by atomic mass is 10.1. The van der Waals surface area contributed by atoms with Gasteiger partial charge in [0.2, 0.25) is 0 Å². The standard InChI is InChI=1S/C16H18FN3O/c1-2-8-19-9-10-20(16(19)21)12-14-6-5-13(4-3-7-18)11-15(14)17/h5-6,9-11H,2,7-8,12,18H2,1H3. The Kier molecular flexibility index (Phi) is 4.96. The number of hydrogen-bond acceptors (Lipinski definition) is 2. The number of aryl methyl sites for hydroxylation is 1. The Balaban J connectivity index is 2.22. The molecule has 1 heterocycles. The van der Waals surface area contributed by atoms with Gasteiger partial charge in [-0.1, -0.05) is 24.8 Å². The summed E-state index contributed by atoms with van der Waals surface area (Å²) in [5.41, 5.74) is 6.20. The van der Waals surface area contributed by atoms with Gasteiger partial charge in [0.15, 0.2) is 0 Å². The number of halogens is 1. The molecule has 0 unspecified atom stereocenters. The topological polar surface area (TPSA) is 52.9 Å². The summed E-state index contributed by atoms with van der Waals surface area (Å²) in [7, 11) is 0. The van der Waals surface area contributed by atoms with Crippen molar-refractivity contribution in [3.05, 3.63) is 58.0 Å². The van der Waals surface area contributed by atoms with Gasteiger partial charge in [-0.2, -0.15) is 0 Å². The molecule has 2 rings (SSSR count). The number of imidazole rings is 1. The molecule has 2 N–H and O–H groups in total. The second kappa shape index (κ2) is 6.91. The van der Waals surface area contributed by atoms with Crippen LogP contribution in [0.3, 0.4) is 0 Å². The predicted octanol–water partition coefficient (Wildman–Crippen LogP) is 1.56. The highest BCUT2D eigenvalue weighted by Crippen LogP contribution is 2.11. The number of aromatic nitrogens is 2. The Bertz CT molecular complexity index is 734. The molecule has 0 fully saturated rings. The van der Waals surface area contributed by atoms with E-state index in [0.29, 0.717) is 17.7 Å².